The van der Waals surface area contributed by atoms with Crippen LogP contribution >= 0.6 is 0 Å². The summed E-state index contributed by atoms with van der Waals surface area (Å²) in [6.07, 6.45) is 37.1. The van der Waals surface area contributed by atoms with Gasteiger partial charge in [0.15, 0.2) is 12.1 Å². The van der Waals surface area contributed by atoms with Crippen molar-refractivity contribution in [1.29, 1.82) is 0 Å². The predicted octanol–water partition coefficient (Wildman–Crippen LogP) is 9.46. The van der Waals surface area contributed by atoms with Crippen LogP contribution < -0.4 is 0 Å². The van der Waals surface area contributed by atoms with Crippen molar-refractivity contribution in [1.82, 2.24) is 0 Å². The van der Waals surface area contributed by atoms with Gasteiger partial charge in [-0.3, -0.25) is 9.59 Å². The average molecular weight is 689 g/mol. The van der Waals surface area contributed by atoms with Crippen molar-refractivity contribution < 1.29 is 38.2 Å². The fourth-order valence-electron chi connectivity index (χ4n) is 5.02. The molecule has 0 aliphatic heterocycles. The summed E-state index contributed by atoms with van der Waals surface area (Å²) in [6.45, 7) is 4.42. The second kappa shape index (κ2) is 32.2. The minimum Gasteiger partial charge on any atom is -0.477 e. The van der Waals surface area contributed by atoms with Crippen LogP contribution in [-0.4, -0.2) is 80.6 Å². The number of likely N-dealkylation sites (N-methyl/N-ethyl adjacent to an activating group) is 1. The molecule has 0 bridgehead atoms. The van der Waals surface area contributed by atoms with E-state index in [-0.39, 0.29) is 36.2 Å². The number of quaternary nitrogens is 1. The second-order valence-electron chi connectivity index (χ2n) is 13.4. The lowest BCUT2D eigenvalue weighted by atomic mass is 10.1. The average Bonchev–Trinajstić information content (AvgIpc) is 3.05. The number of hydrogen-bond donors (Lipinski definition) is 1. The maximum absolute atomic E-state index is 12.6. The minimum absolute atomic E-state index is 0.0425. The Morgan fingerprint density at radius 3 is 1.63 bits per heavy atom. The highest BCUT2D eigenvalue weighted by molar-refractivity contribution is 5.72. The Bertz CT molecular complexity index is 990. The number of esters is 2. The zero-order valence-electron chi connectivity index (χ0n) is 31.6. The van der Waals surface area contributed by atoms with E-state index >= 15 is 0 Å². The normalized spacial score (nSPS) is 13.7. The van der Waals surface area contributed by atoms with Gasteiger partial charge in [-0.15, -0.1) is 0 Å². The van der Waals surface area contributed by atoms with Crippen molar-refractivity contribution in [2.75, 3.05) is 41.0 Å². The third-order valence-electron chi connectivity index (χ3n) is 7.91. The van der Waals surface area contributed by atoms with E-state index in [2.05, 4.69) is 74.6 Å². The molecule has 0 saturated heterocycles. The highest BCUT2D eigenvalue weighted by Crippen LogP contribution is 2.12. The fourth-order valence-corrected chi connectivity index (χ4v) is 5.02. The number of allylic oxidation sites excluding steroid dienone is 10. The molecule has 0 rings (SSSR count). The molecular formula is C41H70NO7+. The van der Waals surface area contributed by atoms with Crippen LogP contribution in [0.4, 0.5) is 0 Å². The first-order chi connectivity index (χ1) is 23.6. The molecule has 2 unspecified atom stereocenters. The molecule has 2 atom stereocenters. The number of aliphatic carboxylic acids is 1. The van der Waals surface area contributed by atoms with Gasteiger partial charge in [-0.25, -0.2) is 4.79 Å². The second-order valence-corrected chi connectivity index (χ2v) is 13.4. The standard InChI is InChI=1S/C41H69NO7/c1-6-8-10-12-14-16-17-18-19-20-21-22-24-26-28-30-32-40(44)49-37(35-47-34-33-38(41(45)46)42(3,4)5)36-48-39(43)31-29-27-25-23-15-13-11-9-7-2/h8-11,14-16,18-19,23,37-38H,6-7,12-13,17,20-22,24-36H2,1-5H3/p+1/b10-8+,11-9+,16-14+,19-18+,23-15+. The van der Waals surface area contributed by atoms with E-state index < -0.39 is 18.1 Å². The van der Waals surface area contributed by atoms with E-state index in [9.17, 15) is 19.5 Å². The van der Waals surface area contributed by atoms with Crippen molar-refractivity contribution in [3.05, 3.63) is 60.8 Å². The summed E-state index contributed by atoms with van der Waals surface area (Å²) in [5.74, 6) is -1.54. The lowest BCUT2D eigenvalue weighted by molar-refractivity contribution is -0.887. The SMILES string of the molecule is CC/C=C/C/C=C/C/C=C/CCCCCCCCC(=O)OC(COCCC(C(=O)O)[N+](C)(C)C)COC(=O)CCCC/C=C/C/C=C/CC. The summed E-state index contributed by atoms with van der Waals surface area (Å²) in [5.41, 5.74) is 0. The van der Waals surface area contributed by atoms with E-state index in [1.807, 2.05) is 21.1 Å². The highest BCUT2D eigenvalue weighted by Gasteiger charge is 2.31. The smallest absolute Gasteiger partial charge is 0.362 e. The summed E-state index contributed by atoms with van der Waals surface area (Å²) in [7, 11) is 5.49. The molecule has 0 aliphatic carbocycles. The molecule has 0 heterocycles. The summed E-state index contributed by atoms with van der Waals surface area (Å²) in [5, 5.41) is 9.57. The van der Waals surface area contributed by atoms with Gasteiger partial charge in [-0.05, 0) is 70.6 Å². The molecular weight excluding hydrogens is 618 g/mol. The van der Waals surface area contributed by atoms with Crippen molar-refractivity contribution >= 4 is 17.9 Å². The van der Waals surface area contributed by atoms with Crippen LogP contribution in [0, 0.1) is 0 Å². The lowest BCUT2D eigenvalue weighted by Gasteiger charge is -2.31. The summed E-state index contributed by atoms with van der Waals surface area (Å²) >= 11 is 0. The van der Waals surface area contributed by atoms with Gasteiger partial charge in [0.25, 0.3) is 0 Å². The van der Waals surface area contributed by atoms with Crippen LogP contribution in [0.5, 0.6) is 0 Å². The molecule has 8 heteroatoms. The Balaban J connectivity index is 4.46. The molecule has 0 saturated carbocycles. The van der Waals surface area contributed by atoms with E-state index in [1.165, 1.54) is 12.8 Å². The third kappa shape index (κ3) is 30.8. The van der Waals surface area contributed by atoms with Gasteiger partial charge < -0.3 is 23.8 Å². The summed E-state index contributed by atoms with van der Waals surface area (Å²) in [4.78, 5) is 36.7. The molecule has 0 spiro atoms. The number of unbranched alkanes of at least 4 members (excludes halogenated alkanes) is 8. The lowest BCUT2D eigenvalue weighted by Crippen LogP contribution is -2.50. The van der Waals surface area contributed by atoms with Gasteiger partial charge in [-0.1, -0.05) is 100 Å². The van der Waals surface area contributed by atoms with Gasteiger partial charge in [0.1, 0.15) is 6.61 Å². The van der Waals surface area contributed by atoms with E-state index in [0.717, 1.165) is 83.5 Å². The number of rotatable bonds is 32. The summed E-state index contributed by atoms with van der Waals surface area (Å²) < 4.78 is 17.1. The molecule has 0 aromatic carbocycles. The zero-order chi connectivity index (χ0) is 36.4. The quantitative estimate of drug-likeness (QED) is 0.0325. The molecule has 0 radical (unpaired) electrons. The molecule has 0 fully saturated rings. The first-order valence-electron chi connectivity index (χ1n) is 18.8. The van der Waals surface area contributed by atoms with Crippen LogP contribution in [0.15, 0.2) is 60.8 Å². The predicted molar refractivity (Wildman–Crippen MR) is 201 cm³/mol. The Morgan fingerprint density at radius 1 is 0.612 bits per heavy atom. The molecule has 280 valence electrons. The van der Waals surface area contributed by atoms with Crippen molar-refractivity contribution in [2.45, 2.75) is 142 Å². The molecule has 0 amide bonds. The van der Waals surface area contributed by atoms with Crippen LogP contribution in [0.3, 0.4) is 0 Å². The van der Waals surface area contributed by atoms with Gasteiger partial charge in [0, 0.05) is 19.3 Å². The molecule has 0 aromatic heterocycles. The van der Waals surface area contributed by atoms with Crippen LogP contribution in [0.1, 0.15) is 129 Å². The Labute approximate surface area is 298 Å². The fraction of sp³-hybridized carbons (Fsp3) is 0.683. The number of ether oxygens (including phenoxy) is 3. The number of nitrogens with zero attached hydrogens (tertiary/aromatic N) is 1. The molecule has 8 nitrogen and oxygen atoms in total. The third-order valence-corrected chi connectivity index (χ3v) is 7.91. The van der Waals surface area contributed by atoms with E-state index in [1.54, 1.807) is 0 Å². The van der Waals surface area contributed by atoms with Crippen molar-refractivity contribution in [3.8, 4) is 0 Å². The van der Waals surface area contributed by atoms with Crippen LogP contribution in [0.2, 0.25) is 0 Å². The topological polar surface area (TPSA) is 99.1 Å². The maximum atomic E-state index is 12.6. The Kier molecular flexibility index (Phi) is 30.3. The Morgan fingerprint density at radius 2 is 1.08 bits per heavy atom. The van der Waals surface area contributed by atoms with Gasteiger partial charge in [0.2, 0.25) is 0 Å². The van der Waals surface area contributed by atoms with Gasteiger partial charge >= 0.3 is 17.9 Å². The molecule has 1 N–H and O–H groups in total. The Hall–Kier alpha value is -2.97. The monoisotopic (exact) mass is 689 g/mol. The first kappa shape index (κ1) is 46.0. The van der Waals surface area contributed by atoms with Crippen molar-refractivity contribution in [2.24, 2.45) is 0 Å². The van der Waals surface area contributed by atoms with E-state index in [4.69, 9.17) is 14.2 Å². The summed E-state index contributed by atoms with van der Waals surface area (Å²) in [6, 6.07) is -0.622. The zero-order valence-corrected chi connectivity index (χ0v) is 31.6. The van der Waals surface area contributed by atoms with E-state index in [0.29, 0.717) is 19.3 Å². The number of hydrogen-bond acceptors (Lipinski definition) is 6. The highest BCUT2D eigenvalue weighted by atomic mass is 16.6. The molecule has 0 aliphatic rings. The van der Waals surface area contributed by atoms with Gasteiger partial charge in [-0.2, -0.15) is 0 Å². The first-order valence-corrected chi connectivity index (χ1v) is 18.8. The number of carboxylic acids is 1. The number of carboxylic acid groups (broad SMARTS) is 1. The van der Waals surface area contributed by atoms with Crippen molar-refractivity contribution in [3.63, 3.8) is 0 Å². The minimum atomic E-state index is -0.886. The molecule has 49 heavy (non-hydrogen) atoms. The van der Waals surface area contributed by atoms with Gasteiger partial charge in [0.05, 0.1) is 34.4 Å². The maximum Gasteiger partial charge on any atom is 0.362 e. The number of carbonyl (C=O) groups excluding carboxylic acids is 2. The molecule has 0 aromatic rings. The van der Waals surface area contributed by atoms with Crippen LogP contribution in [0.25, 0.3) is 0 Å². The number of carbonyl (C=O) groups is 3. The van der Waals surface area contributed by atoms with Crippen LogP contribution in [-0.2, 0) is 28.6 Å². The largest absolute Gasteiger partial charge is 0.477 e.